The Morgan fingerprint density at radius 3 is 2.94 bits per heavy atom. The number of aromatic nitrogens is 2. The molecule has 0 spiro atoms. The molecule has 1 N–H and O–H groups in total. The Labute approximate surface area is 119 Å². The predicted octanol–water partition coefficient (Wildman–Crippen LogP) is 3.91. The van der Waals surface area contributed by atoms with Crippen LogP contribution in [0.5, 0.6) is 0 Å². The Morgan fingerprint density at radius 2 is 2.24 bits per heavy atom. The molecule has 17 heavy (non-hydrogen) atoms. The Balaban J connectivity index is 2.17. The van der Waals surface area contributed by atoms with Crippen molar-refractivity contribution in [3.05, 3.63) is 50.9 Å². The number of hydrogen-bond acceptors (Lipinski definition) is 3. The van der Waals surface area contributed by atoms with Crippen molar-refractivity contribution in [1.82, 2.24) is 9.97 Å². The Hall–Kier alpha value is -0.880. The Bertz CT molecular complexity index is 519. The molecular formula is C12H11ClIN3. The van der Waals surface area contributed by atoms with Crippen molar-refractivity contribution >= 4 is 40.0 Å². The third-order valence-electron chi connectivity index (χ3n) is 2.37. The lowest BCUT2D eigenvalue weighted by molar-refractivity contribution is 0.869. The zero-order valence-electron chi connectivity index (χ0n) is 9.19. The second-order valence-corrected chi connectivity index (χ2v) is 5.24. The van der Waals surface area contributed by atoms with Crippen LogP contribution >= 0.6 is 34.2 Å². The fourth-order valence-corrected chi connectivity index (χ4v) is 2.14. The van der Waals surface area contributed by atoms with Crippen LogP contribution in [0.15, 0.2) is 36.8 Å². The van der Waals surface area contributed by atoms with Gasteiger partial charge in [-0.2, -0.15) is 0 Å². The van der Waals surface area contributed by atoms with E-state index in [2.05, 4.69) is 44.8 Å². The number of benzene rings is 1. The normalized spacial score (nSPS) is 12.2. The van der Waals surface area contributed by atoms with E-state index in [1.807, 2.05) is 24.3 Å². The highest BCUT2D eigenvalue weighted by Gasteiger charge is 2.08. The van der Waals surface area contributed by atoms with Crippen LogP contribution in [0.25, 0.3) is 0 Å². The van der Waals surface area contributed by atoms with Gasteiger partial charge in [-0.25, -0.2) is 9.97 Å². The fourth-order valence-electron chi connectivity index (χ4n) is 1.48. The van der Waals surface area contributed by atoms with Gasteiger partial charge in [0, 0.05) is 11.2 Å². The summed E-state index contributed by atoms with van der Waals surface area (Å²) in [7, 11) is 0. The van der Waals surface area contributed by atoms with Gasteiger partial charge in [-0.1, -0.05) is 23.7 Å². The van der Waals surface area contributed by atoms with Crippen molar-refractivity contribution < 1.29 is 0 Å². The molecule has 0 aliphatic heterocycles. The van der Waals surface area contributed by atoms with Gasteiger partial charge in [0.05, 0.1) is 9.61 Å². The van der Waals surface area contributed by atoms with Gasteiger partial charge >= 0.3 is 0 Å². The maximum atomic E-state index is 5.97. The van der Waals surface area contributed by atoms with Gasteiger partial charge in [-0.3, -0.25) is 0 Å². The third-order valence-corrected chi connectivity index (χ3v) is 3.39. The number of anilines is 1. The minimum absolute atomic E-state index is 0.150. The first kappa shape index (κ1) is 12.6. The maximum absolute atomic E-state index is 5.97. The van der Waals surface area contributed by atoms with E-state index >= 15 is 0 Å². The molecule has 5 heteroatoms. The zero-order chi connectivity index (χ0) is 12.3. The van der Waals surface area contributed by atoms with Gasteiger partial charge in [-0.05, 0) is 47.2 Å². The predicted molar refractivity (Wildman–Crippen MR) is 78.2 cm³/mol. The molecule has 1 unspecified atom stereocenters. The van der Waals surface area contributed by atoms with Gasteiger partial charge in [0.25, 0.3) is 0 Å². The average molecular weight is 360 g/mol. The molecule has 0 bridgehead atoms. The van der Waals surface area contributed by atoms with Crippen molar-refractivity contribution in [2.75, 3.05) is 5.32 Å². The van der Waals surface area contributed by atoms with Crippen molar-refractivity contribution in [2.45, 2.75) is 13.0 Å². The van der Waals surface area contributed by atoms with Gasteiger partial charge in [0.2, 0.25) is 0 Å². The van der Waals surface area contributed by atoms with Crippen LogP contribution in [-0.4, -0.2) is 9.97 Å². The molecule has 2 rings (SSSR count). The van der Waals surface area contributed by atoms with Crippen LogP contribution in [0.4, 0.5) is 5.82 Å². The third kappa shape index (κ3) is 3.29. The largest absolute Gasteiger partial charge is 0.363 e. The first-order chi connectivity index (χ1) is 8.16. The zero-order valence-corrected chi connectivity index (χ0v) is 12.1. The second-order valence-electron chi connectivity index (χ2n) is 3.64. The van der Waals surface area contributed by atoms with E-state index in [9.17, 15) is 0 Å². The number of halogens is 2. The summed E-state index contributed by atoms with van der Waals surface area (Å²) in [4.78, 5) is 8.16. The highest BCUT2D eigenvalue weighted by atomic mass is 127. The lowest BCUT2D eigenvalue weighted by Crippen LogP contribution is -2.09. The Morgan fingerprint density at radius 1 is 1.41 bits per heavy atom. The molecule has 0 saturated heterocycles. The minimum Gasteiger partial charge on any atom is -0.363 e. The minimum atomic E-state index is 0.150. The molecule has 0 fully saturated rings. The topological polar surface area (TPSA) is 37.8 Å². The summed E-state index contributed by atoms with van der Waals surface area (Å²) in [6.45, 7) is 2.07. The van der Waals surface area contributed by atoms with E-state index in [4.69, 9.17) is 11.6 Å². The summed E-state index contributed by atoms with van der Waals surface area (Å²) in [5.41, 5.74) is 1.13. The molecule has 0 saturated carbocycles. The standard InChI is InChI=1S/C12H11ClIN3/c1-8(9-3-2-4-10(13)5-9)17-12-11(14)6-15-7-16-12/h2-8H,1H3,(H,15,16,17). The summed E-state index contributed by atoms with van der Waals surface area (Å²) >= 11 is 8.17. The lowest BCUT2D eigenvalue weighted by atomic mass is 10.1. The first-order valence-corrected chi connectivity index (χ1v) is 6.60. The van der Waals surface area contributed by atoms with E-state index < -0.39 is 0 Å². The molecule has 0 radical (unpaired) electrons. The van der Waals surface area contributed by atoms with Gasteiger partial charge in [0.15, 0.2) is 0 Å². The molecule has 88 valence electrons. The second kappa shape index (κ2) is 5.64. The molecular weight excluding hydrogens is 349 g/mol. The monoisotopic (exact) mass is 359 g/mol. The van der Waals surface area contributed by atoms with Crippen molar-refractivity contribution in [3.63, 3.8) is 0 Å². The van der Waals surface area contributed by atoms with Gasteiger partial charge < -0.3 is 5.32 Å². The molecule has 3 nitrogen and oxygen atoms in total. The molecule has 1 atom stereocenters. The van der Waals surface area contributed by atoms with E-state index in [1.54, 1.807) is 6.20 Å². The number of nitrogens with zero attached hydrogens (tertiary/aromatic N) is 2. The van der Waals surface area contributed by atoms with Gasteiger partial charge in [0.1, 0.15) is 12.1 Å². The van der Waals surface area contributed by atoms with Crippen molar-refractivity contribution in [1.29, 1.82) is 0 Å². The van der Waals surface area contributed by atoms with E-state index in [1.165, 1.54) is 6.33 Å². The summed E-state index contributed by atoms with van der Waals surface area (Å²) in [5, 5.41) is 4.08. The average Bonchev–Trinajstić information content (AvgIpc) is 2.32. The van der Waals surface area contributed by atoms with Crippen molar-refractivity contribution in [2.24, 2.45) is 0 Å². The van der Waals surface area contributed by atoms with E-state index in [0.717, 1.165) is 20.0 Å². The Kier molecular flexibility index (Phi) is 4.17. The molecule has 1 heterocycles. The highest BCUT2D eigenvalue weighted by Crippen LogP contribution is 2.22. The fraction of sp³-hybridized carbons (Fsp3) is 0.167. The molecule has 1 aromatic heterocycles. The van der Waals surface area contributed by atoms with Crippen LogP contribution in [0, 0.1) is 3.57 Å². The molecule has 0 amide bonds. The summed E-state index contributed by atoms with van der Waals surface area (Å²) in [5.74, 6) is 0.841. The number of nitrogens with one attached hydrogen (secondary N) is 1. The molecule has 0 aliphatic carbocycles. The smallest absolute Gasteiger partial charge is 0.143 e. The summed E-state index contributed by atoms with van der Waals surface area (Å²) in [6.07, 6.45) is 3.32. The summed E-state index contributed by atoms with van der Waals surface area (Å²) < 4.78 is 0.999. The lowest BCUT2D eigenvalue weighted by Gasteiger charge is -2.15. The molecule has 0 aliphatic rings. The van der Waals surface area contributed by atoms with Crippen LogP contribution in [0.1, 0.15) is 18.5 Å². The van der Waals surface area contributed by atoms with Crippen LogP contribution in [0.3, 0.4) is 0 Å². The van der Waals surface area contributed by atoms with Crippen molar-refractivity contribution in [3.8, 4) is 0 Å². The number of rotatable bonds is 3. The summed E-state index contributed by atoms with van der Waals surface area (Å²) in [6, 6.07) is 7.95. The van der Waals surface area contributed by atoms with E-state index in [-0.39, 0.29) is 6.04 Å². The first-order valence-electron chi connectivity index (χ1n) is 5.14. The quantitative estimate of drug-likeness (QED) is 0.845. The molecule has 2 aromatic rings. The SMILES string of the molecule is CC(Nc1ncncc1I)c1cccc(Cl)c1. The van der Waals surface area contributed by atoms with E-state index in [0.29, 0.717) is 0 Å². The van der Waals surface area contributed by atoms with Gasteiger partial charge in [-0.15, -0.1) is 0 Å². The maximum Gasteiger partial charge on any atom is 0.143 e. The van der Waals surface area contributed by atoms with Crippen LogP contribution in [-0.2, 0) is 0 Å². The molecule has 1 aromatic carbocycles. The number of hydrogen-bond donors (Lipinski definition) is 1. The van der Waals surface area contributed by atoms with Crippen LogP contribution in [0.2, 0.25) is 5.02 Å². The van der Waals surface area contributed by atoms with Crippen LogP contribution < -0.4 is 5.32 Å². The highest BCUT2D eigenvalue weighted by molar-refractivity contribution is 14.1.